The Balaban J connectivity index is 1.44. The summed E-state index contributed by atoms with van der Waals surface area (Å²) in [5.41, 5.74) is -0.255. The van der Waals surface area contributed by atoms with E-state index in [0.29, 0.717) is 23.5 Å². The molecular weight excluding hydrogens is 386 g/mol. The summed E-state index contributed by atoms with van der Waals surface area (Å²) in [6, 6.07) is 6.48. The molecule has 8 heteroatoms. The van der Waals surface area contributed by atoms with Crippen molar-refractivity contribution >= 4 is 28.8 Å². The smallest absolute Gasteiger partial charge is 0.325 e. The fourth-order valence-electron chi connectivity index (χ4n) is 4.57. The molecule has 1 aromatic carbocycles. The number of para-hydroxylation sites is 1. The molecule has 0 radical (unpaired) electrons. The normalized spacial score (nSPS) is 24.9. The second-order valence-electron chi connectivity index (χ2n) is 8.26. The van der Waals surface area contributed by atoms with Gasteiger partial charge in [-0.15, -0.1) is 0 Å². The van der Waals surface area contributed by atoms with Gasteiger partial charge in [0.25, 0.3) is 5.91 Å². The predicted octanol–water partition coefficient (Wildman–Crippen LogP) is 3.12. The van der Waals surface area contributed by atoms with Crippen LogP contribution >= 0.6 is 0 Å². The second-order valence-corrected chi connectivity index (χ2v) is 8.26. The predicted molar refractivity (Wildman–Crippen MR) is 110 cm³/mol. The lowest BCUT2D eigenvalue weighted by atomic mass is 9.73. The van der Waals surface area contributed by atoms with Crippen LogP contribution in [0.1, 0.15) is 51.3 Å². The van der Waals surface area contributed by atoms with E-state index in [1.165, 1.54) is 0 Å². The summed E-state index contributed by atoms with van der Waals surface area (Å²) in [6.07, 6.45) is 3.45. The zero-order chi connectivity index (χ0) is 21.5. The van der Waals surface area contributed by atoms with Crippen molar-refractivity contribution in [3.63, 3.8) is 0 Å². The average molecular weight is 413 g/mol. The lowest BCUT2D eigenvalue weighted by molar-refractivity contribution is -0.137. The van der Waals surface area contributed by atoms with E-state index in [9.17, 15) is 14.4 Å². The highest BCUT2D eigenvalue weighted by atomic mass is 16.5. The Kier molecular flexibility index (Phi) is 5.17. The van der Waals surface area contributed by atoms with Gasteiger partial charge in [-0.25, -0.2) is 4.79 Å². The fourth-order valence-corrected chi connectivity index (χ4v) is 4.57. The molecule has 2 N–H and O–H groups in total. The van der Waals surface area contributed by atoms with Gasteiger partial charge < -0.3 is 19.8 Å². The number of benzene rings is 1. The Morgan fingerprint density at radius 3 is 2.93 bits per heavy atom. The molecule has 1 spiro atoms. The molecule has 4 rings (SSSR count). The maximum absolute atomic E-state index is 13.0. The quantitative estimate of drug-likeness (QED) is 0.734. The Hall–Kier alpha value is -3.03. The van der Waals surface area contributed by atoms with Gasteiger partial charge in [-0.2, -0.15) is 0 Å². The van der Waals surface area contributed by atoms with E-state index in [2.05, 4.69) is 10.6 Å². The molecule has 2 aliphatic rings. The molecule has 1 aliphatic carbocycles. The molecule has 4 amide bonds. The zero-order valence-electron chi connectivity index (χ0n) is 17.5. The monoisotopic (exact) mass is 413 g/mol. The molecular formula is C22H27N3O5. The first-order valence-corrected chi connectivity index (χ1v) is 10.4. The lowest BCUT2D eigenvalue weighted by Crippen LogP contribution is -2.54. The Labute approximate surface area is 174 Å². The summed E-state index contributed by atoms with van der Waals surface area (Å²) in [5, 5.41) is 6.55. The number of nitrogens with zero attached hydrogens (tertiary/aromatic N) is 1. The molecule has 1 saturated heterocycles. The number of furan rings is 1. The Morgan fingerprint density at radius 2 is 2.20 bits per heavy atom. The van der Waals surface area contributed by atoms with Gasteiger partial charge in [0.15, 0.2) is 11.3 Å². The SMILES string of the molecule is COc1cccc2cc(C(C)NC(=O)CN3C(=O)NC4(CCCCC4C)C3=O)oc12. The molecule has 160 valence electrons. The summed E-state index contributed by atoms with van der Waals surface area (Å²) >= 11 is 0. The summed E-state index contributed by atoms with van der Waals surface area (Å²) < 4.78 is 11.2. The van der Waals surface area contributed by atoms with Crippen LogP contribution in [0.25, 0.3) is 11.0 Å². The standard InChI is InChI=1S/C22H27N3O5/c1-13-7-4-5-10-22(13)20(27)25(21(28)24-22)12-18(26)23-14(2)17-11-15-8-6-9-16(29-3)19(15)30-17/h6,8-9,11,13-14H,4-5,7,10,12H2,1-3H3,(H,23,26)(H,24,28). The molecule has 8 nitrogen and oxygen atoms in total. The number of imide groups is 1. The van der Waals surface area contributed by atoms with Crippen LogP contribution in [0.4, 0.5) is 4.79 Å². The number of rotatable bonds is 5. The van der Waals surface area contributed by atoms with Gasteiger partial charge in [-0.1, -0.05) is 31.9 Å². The number of nitrogens with one attached hydrogen (secondary N) is 2. The van der Waals surface area contributed by atoms with Crippen LogP contribution in [-0.2, 0) is 9.59 Å². The van der Waals surface area contributed by atoms with Gasteiger partial charge in [0, 0.05) is 5.39 Å². The molecule has 0 bridgehead atoms. The van der Waals surface area contributed by atoms with E-state index < -0.39 is 23.5 Å². The van der Waals surface area contributed by atoms with E-state index in [0.717, 1.165) is 29.5 Å². The van der Waals surface area contributed by atoms with Crippen molar-refractivity contribution in [3.8, 4) is 5.75 Å². The number of ether oxygens (including phenoxy) is 1. The molecule has 3 unspecified atom stereocenters. The maximum Gasteiger partial charge on any atom is 0.325 e. The number of hydrogen-bond acceptors (Lipinski definition) is 5. The van der Waals surface area contributed by atoms with E-state index >= 15 is 0 Å². The number of carbonyl (C=O) groups is 3. The van der Waals surface area contributed by atoms with Crippen LogP contribution in [0.3, 0.4) is 0 Å². The molecule has 2 fully saturated rings. The van der Waals surface area contributed by atoms with Crippen molar-refractivity contribution in [2.24, 2.45) is 5.92 Å². The minimum absolute atomic E-state index is 0.0558. The van der Waals surface area contributed by atoms with Gasteiger partial charge in [-0.3, -0.25) is 14.5 Å². The highest BCUT2D eigenvalue weighted by molar-refractivity contribution is 6.09. The Bertz CT molecular complexity index is 1000. The number of fused-ring (bicyclic) bond motifs is 1. The minimum Gasteiger partial charge on any atom is -0.493 e. The summed E-state index contributed by atoms with van der Waals surface area (Å²) in [7, 11) is 1.57. The molecule has 30 heavy (non-hydrogen) atoms. The zero-order valence-corrected chi connectivity index (χ0v) is 17.5. The third-order valence-corrected chi connectivity index (χ3v) is 6.35. The molecule has 1 saturated carbocycles. The van der Waals surface area contributed by atoms with Crippen LogP contribution in [-0.4, -0.2) is 41.9 Å². The van der Waals surface area contributed by atoms with E-state index in [-0.39, 0.29) is 18.4 Å². The molecule has 1 aliphatic heterocycles. The van der Waals surface area contributed by atoms with E-state index in [1.807, 2.05) is 25.1 Å². The van der Waals surface area contributed by atoms with Crippen LogP contribution in [0, 0.1) is 5.92 Å². The summed E-state index contributed by atoms with van der Waals surface area (Å²) in [6.45, 7) is 3.46. The number of methoxy groups -OCH3 is 1. The minimum atomic E-state index is -0.865. The van der Waals surface area contributed by atoms with Gasteiger partial charge in [0.05, 0.1) is 13.2 Å². The first-order valence-electron chi connectivity index (χ1n) is 10.4. The van der Waals surface area contributed by atoms with Crippen molar-refractivity contribution in [2.75, 3.05) is 13.7 Å². The summed E-state index contributed by atoms with van der Waals surface area (Å²) in [4.78, 5) is 39.1. The van der Waals surface area contributed by atoms with Crippen LogP contribution in [0.15, 0.2) is 28.7 Å². The average Bonchev–Trinajstić information content (AvgIpc) is 3.26. The van der Waals surface area contributed by atoms with Crippen molar-refractivity contribution in [1.82, 2.24) is 15.5 Å². The number of urea groups is 1. The second kappa shape index (κ2) is 7.66. The van der Waals surface area contributed by atoms with Gasteiger partial charge in [0.1, 0.15) is 17.8 Å². The van der Waals surface area contributed by atoms with Crippen molar-refractivity contribution in [2.45, 2.75) is 51.1 Å². The largest absolute Gasteiger partial charge is 0.493 e. The molecule has 1 aromatic heterocycles. The van der Waals surface area contributed by atoms with Crippen molar-refractivity contribution in [3.05, 3.63) is 30.0 Å². The topological polar surface area (TPSA) is 101 Å². The molecule has 3 atom stereocenters. The number of amides is 4. The van der Waals surface area contributed by atoms with Crippen LogP contribution < -0.4 is 15.4 Å². The maximum atomic E-state index is 13.0. The summed E-state index contributed by atoms with van der Waals surface area (Å²) in [5.74, 6) is 0.524. The Morgan fingerprint density at radius 1 is 1.40 bits per heavy atom. The van der Waals surface area contributed by atoms with Crippen LogP contribution in [0.5, 0.6) is 5.75 Å². The number of hydrogen-bond donors (Lipinski definition) is 2. The molecule has 2 heterocycles. The number of carbonyl (C=O) groups excluding carboxylic acids is 3. The van der Waals surface area contributed by atoms with E-state index in [4.69, 9.17) is 9.15 Å². The first-order chi connectivity index (χ1) is 14.4. The fraction of sp³-hybridized carbons (Fsp3) is 0.500. The van der Waals surface area contributed by atoms with Crippen molar-refractivity contribution < 1.29 is 23.5 Å². The van der Waals surface area contributed by atoms with Gasteiger partial charge >= 0.3 is 6.03 Å². The lowest BCUT2D eigenvalue weighted by Gasteiger charge is -2.36. The van der Waals surface area contributed by atoms with E-state index in [1.54, 1.807) is 20.1 Å². The first kappa shape index (κ1) is 20.3. The van der Waals surface area contributed by atoms with Crippen molar-refractivity contribution in [1.29, 1.82) is 0 Å². The van der Waals surface area contributed by atoms with Gasteiger partial charge in [-0.05, 0) is 37.8 Å². The molecule has 2 aromatic rings. The third kappa shape index (κ3) is 3.30. The van der Waals surface area contributed by atoms with Gasteiger partial charge in [0.2, 0.25) is 5.91 Å². The third-order valence-electron chi connectivity index (χ3n) is 6.35. The van der Waals surface area contributed by atoms with Crippen LogP contribution in [0.2, 0.25) is 0 Å². The highest BCUT2D eigenvalue weighted by Gasteiger charge is 2.55. The highest BCUT2D eigenvalue weighted by Crippen LogP contribution is 2.38.